The second-order valence-corrected chi connectivity index (χ2v) is 6.06. The molecule has 2 aromatic rings. The number of rotatable bonds is 5. The van der Waals surface area contributed by atoms with Crippen LogP contribution in [0.25, 0.3) is 10.9 Å². The summed E-state index contributed by atoms with van der Waals surface area (Å²) < 4.78 is 0. The van der Waals surface area contributed by atoms with Crippen LogP contribution in [0.4, 0.5) is 5.69 Å². The maximum absolute atomic E-state index is 12.3. The lowest BCUT2D eigenvalue weighted by molar-refractivity contribution is 0.0954. The first-order chi connectivity index (χ1) is 10.2. The minimum absolute atomic E-state index is 0.0155. The van der Waals surface area contributed by atoms with E-state index in [1.54, 1.807) is 6.20 Å². The fraction of sp³-hybridized carbons (Fsp3) is 0.471. The summed E-state index contributed by atoms with van der Waals surface area (Å²) in [6, 6.07) is 5.59. The van der Waals surface area contributed by atoms with E-state index in [1.165, 1.54) is 32.1 Å². The van der Waals surface area contributed by atoms with Crippen molar-refractivity contribution in [3.05, 3.63) is 30.0 Å². The Labute approximate surface area is 125 Å². The molecule has 0 saturated heterocycles. The van der Waals surface area contributed by atoms with Crippen molar-refractivity contribution >= 4 is 22.5 Å². The molecule has 1 saturated carbocycles. The fourth-order valence-corrected chi connectivity index (χ4v) is 3.31. The molecule has 1 amide bonds. The van der Waals surface area contributed by atoms with Crippen LogP contribution >= 0.6 is 0 Å². The third-order valence-corrected chi connectivity index (χ3v) is 4.50. The van der Waals surface area contributed by atoms with Gasteiger partial charge in [-0.2, -0.15) is 0 Å². The molecule has 1 aromatic carbocycles. The number of hydrogen-bond acceptors (Lipinski definition) is 2. The second kappa shape index (κ2) is 6.20. The first-order valence-corrected chi connectivity index (χ1v) is 7.89. The smallest absolute Gasteiger partial charge is 0.253 e. The monoisotopic (exact) mass is 285 g/mol. The van der Waals surface area contributed by atoms with Gasteiger partial charge in [0.15, 0.2) is 0 Å². The Kier molecular flexibility index (Phi) is 4.13. The van der Waals surface area contributed by atoms with Crippen LogP contribution in [-0.2, 0) is 0 Å². The summed E-state index contributed by atoms with van der Waals surface area (Å²) in [7, 11) is 0. The molecule has 0 unspecified atom stereocenters. The van der Waals surface area contributed by atoms with Gasteiger partial charge in [0.05, 0.1) is 5.56 Å². The van der Waals surface area contributed by atoms with Gasteiger partial charge in [-0.1, -0.05) is 25.7 Å². The number of benzene rings is 1. The van der Waals surface area contributed by atoms with Crippen molar-refractivity contribution in [3.63, 3.8) is 0 Å². The van der Waals surface area contributed by atoms with E-state index in [0.717, 1.165) is 29.8 Å². The van der Waals surface area contributed by atoms with Crippen LogP contribution in [0.3, 0.4) is 0 Å². The first-order valence-electron chi connectivity index (χ1n) is 7.89. The predicted molar refractivity (Wildman–Crippen MR) is 86.2 cm³/mol. The van der Waals surface area contributed by atoms with Crippen molar-refractivity contribution in [2.45, 2.75) is 38.5 Å². The number of aromatic amines is 1. The van der Waals surface area contributed by atoms with Crippen molar-refractivity contribution in [2.75, 3.05) is 12.3 Å². The summed E-state index contributed by atoms with van der Waals surface area (Å²) in [5.74, 6) is 0.869. The maximum atomic E-state index is 12.3. The Balaban J connectivity index is 1.55. The minimum atomic E-state index is -0.0155. The van der Waals surface area contributed by atoms with Gasteiger partial charge in [0, 0.05) is 29.3 Å². The van der Waals surface area contributed by atoms with Gasteiger partial charge in [-0.15, -0.1) is 0 Å². The maximum Gasteiger partial charge on any atom is 0.253 e. The Morgan fingerprint density at radius 3 is 2.95 bits per heavy atom. The lowest BCUT2D eigenvalue weighted by Gasteiger charge is -2.09. The predicted octanol–water partition coefficient (Wildman–Crippen LogP) is 3.45. The molecule has 112 valence electrons. The normalized spacial score (nSPS) is 15.6. The zero-order valence-electron chi connectivity index (χ0n) is 12.3. The van der Waals surface area contributed by atoms with Gasteiger partial charge >= 0.3 is 0 Å². The number of nitrogens with two attached hydrogens (primary N) is 1. The van der Waals surface area contributed by atoms with E-state index in [4.69, 9.17) is 5.73 Å². The van der Waals surface area contributed by atoms with Gasteiger partial charge in [0.1, 0.15) is 0 Å². The number of amides is 1. The highest BCUT2D eigenvalue weighted by Crippen LogP contribution is 2.28. The van der Waals surface area contributed by atoms with E-state index in [0.29, 0.717) is 11.3 Å². The topological polar surface area (TPSA) is 70.9 Å². The molecule has 1 aromatic heterocycles. The summed E-state index contributed by atoms with van der Waals surface area (Å²) in [6.45, 7) is 0.754. The van der Waals surface area contributed by atoms with Crippen molar-refractivity contribution in [1.29, 1.82) is 0 Å². The van der Waals surface area contributed by atoms with Crippen LogP contribution in [0.5, 0.6) is 0 Å². The van der Waals surface area contributed by atoms with Gasteiger partial charge in [0.2, 0.25) is 0 Å². The van der Waals surface area contributed by atoms with Crippen molar-refractivity contribution in [2.24, 2.45) is 5.92 Å². The molecule has 1 heterocycles. The molecule has 4 heteroatoms. The van der Waals surface area contributed by atoms with Crippen LogP contribution in [0.2, 0.25) is 0 Å². The highest BCUT2D eigenvalue weighted by atomic mass is 16.1. The van der Waals surface area contributed by atoms with Gasteiger partial charge in [0.25, 0.3) is 5.91 Å². The quantitative estimate of drug-likeness (QED) is 0.581. The van der Waals surface area contributed by atoms with E-state index in [2.05, 4.69) is 10.3 Å². The molecule has 1 aliphatic carbocycles. The molecule has 0 bridgehead atoms. The summed E-state index contributed by atoms with van der Waals surface area (Å²) in [4.78, 5) is 15.4. The molecule has 0 aliphatic heterocycles. The summed E-state index contributed by atoms with van der Waals surface area (Å²) >= 11 is 0. The van der Waals surface area contributed by atoms with Gasteiger partial charge in [-0.05, 0) is 37.0 Å². The lowest BCUT2D eigenvalue weighted by atomic mass is 10.0. The molecule has 1 aliphatic rings. The van der Waals surface area contributed by atoms with Crippen LogP contribution < -0.4 is 11.1 Å². The third kappa shape index (κ3) is 3.20. The third-order valence-electron chi connectivity index (χ3n) is 4.50. The molecule has 0 spiro atoms. The fourth-order valence-electron chi connectivity index (χ4n) is 3.31. The Hall–Kier alpha value is -1.97. The van der Waals surface area contributed by atoms with E-state index < -0.39 is 0 Å². The average Bonchev–Trinajstić information content (AvgIpc) is 3.12. The number of fused-ring (bicyclic) bond motifs is 1. The number of aromatic nitrogens is 1. The Morgan fingerprint density at radius 2 is 2.14 bits per heavy atom. The SMILES string of the molecule is Nc1ccc2[nH]cc(C(=O)NCCCC3CCCC3)c2c1. The largest absolute Gasteiger partial charge is 0.399 e. The highest BCUT2D eigenvalue weighted by Gasteiger charge is 2.15. The lowest BCUT2D eigenvalue weighted by Crippen LogP contribution is -2.24. The zero-order valence-corrected chi connectivity index (χ0v) is 12.3. The molecule has 1 fully saturated rings. The van der Waals surface area contributed by atoms with E-state index in [-0.39, 0.29) is 5.91 Å². The minimum Gasteiger partial charge on any atom is -0.399 e. The number of hydrogen-bond donors (Lipinski definition) is 3. The molecule has 4 nitrogen and oxygen atoms in total. The molecule has 0 radical (unpaired) electrons. The number of carbonyl (C=O) groups excluding carboxylic acids is 1. The van der Waals surface area contributed by atoms with Crippen LogP contribution in [0.15, 0.2) is 24.4 Å². The van der Waals surface area contributed by atoms with Crippen molar-refractivity contribution in [3.8, 4) is 0 Å². The number of H-pyrrole nitrogens is 1. The molecule has 0 atom stereocenters. The number of carbonyl (C=O) groups is 1. The summed E-state index contributed by atoms with van der Waals surface area (Å²) in [5.41, 5.74) is 8.10. The van der Waals surface area contributed by atoms with Gasteiger partial charge in [-0.3, -0.25) is 4.79 Å². The summed E-state index contributed by atoms with van der Waals surface area (Å²) in [6.07, 6.45) is 9.57. The molecule has 3 rings (SSSR count). The Bertz CT molecular complexity index is 626. The number of nitrogen functional groups attached to an aromatic ring is 1. The standard InChI is InChI=1S/C17H23N3O/c18-13-7-8-16-14(10-13)15(11-20-16)17(21)19-9-3-6-12-4-1-2-5-12/h7-8,10-12,20H,1-6,9,18H2,(H,19,21). The van der Waals surface area contributed by atoms with E-state index >= 15 is 0 Å². The number of anilines is 1. The van der Waals surface area contributed by atoms with Crippen LogP contribution in [0.1, 0.15) is 48.9 Å². The van der Waals surface area contributed by atoms with E-state index in [9.17, 15) is 4.79 Å². The zero-order chi connectivity index (χ0) is 14.7. The Morgan fingerprint density at radius 1 is 1.33 bits per heavy atom. The number of nitrogens with one attached hydrogen (secondary N) is 2. The van der Waals surface area contributed by atoms with Gasteiger partial charge in [-0.25, -0.2) is 0 Å². The average molecular weight is 285 g/mol. The first kappa shape index (κ1) is 14.0. The van der Waals surface area contributed by atoms with Crippen LogP contribution in [0, 0.1) is 5.92 Å². The second-order valence-electron chi connectivity index (χ2n) is 6.06. The highest BCUT2D eigenvalue weighted by molar-refractivity contribution is 6.07. The van der Waals surface area contributed by atoms with Gasteiger partial charge < -0.3 is 16.0 Å². The van der Waals surface area contributed by atoms with Crippen molar-refractivity contribution in [1.82, 2.24) is 10.3 Å². The van der Waals surface area contributed by atoms with Crippen LogP contribution in [-0.4, -0.2) is 17.4 Å². The molecular formula is C17H23N3O. The molecule has 21 heavy (non-hydrogen) atoms. The van der Waals surface area contributed by atoms with Crippen molar-refractivity contribution < 1.29 is 4.79 Å². The van der Waals surface area contributed by atoms with E-state index in [1.807, 2.05) is 18.2 Å². The molecule has 4 N–H and O–H groups in total. The molecular weight excluding hydrogens is 262 g/mol. The summed E-state index contributed by atoms with van der Waals surface area (Å²) in [5, 5.41) is 3.91.